The average Bonchev–Trinajstić information content (AvgIpc) is 2.54. The third-order valence-electron chi connectivity index (χ3n) is 3.53. The number of fused-ring (bicyclic) bond motifs is 1. The molecule has 0 spiro atoms. The van der Waals surface area contributed by atoms with E-state index in [0.29, 0.717) is 5.92 Å². The normalized spacial score (nSPS) is 16.6. The molecule has 0 radical (unpaired) electrons. The molecule has 1 aliphatic carbocycles. The first-order valence-electron chi connectivity index (χ1n) is 5.95. The smallest absolute Gasteiger partial charge is 0.0734 e. The van der Waals surface area contributed by atoms with Gasteiger partial charge in [0.15, 0.2) is 0 Å². The monoisotopic (exact) mass is 278 g/mol. The number of hydrogen-bond donors (Lipinski definition) is 0. The Morgan fingerprint density at radius 3 is 2.88 bits per heavy atom. The maximum absolute atomic E-state index is 4.77. The van der Waals surface area contributed by atoms with Gasteiger partial charge in [-0.15, -0.1) is 0 Å². The molecule has 1 fully saturated rings. The molecule has 1 heterocycles. The molecule has 3 heteroatoms. The van der Waals surface area contributed by atoms with Crippen LogP contribution in [-0.2, 0) is 6.54 Å². The van der Waals surface area contributed by atoms with Crippen molar-refractivity contribution in [2.24, 2.45) is 0 Å². The molecule has 0 N–H and O–H groups in total. The number of benzene rings is 1. The Balaban J connectivity index is 2.22. The van der Waals surface area contributed by atoms with Gasteiger partial charge in [-0.05, 0) is 38.0 Å². The summed E-state index contributed by atoms with van der Waals surface area (Å²) in [5.41, 5.74) is 2.58. The minimum atomic E-state index is 0.699. The van der Waals surface area contributed by atoms with Gasteiger partial charge in [-0.3, -0.25) is 4.68 Å². The van der Waals surface area contributed by atoms with Crippen LogP contribution >= 0.6 is 15.9 Å². The van der Waals surface area contributed by atoms with Crippen molar-refractivity contribution >= 4 is 26.8 Å². The van der Waals surface area contributed by atoms with E-state index < -0.39 is 0 Å². The molecule has 84 valence electrons. The van der Waals surface area contributed by atoms with Crippen LogP contribution in [-0.4, -0.2) is 9.78 Å². The van der Waals surface area contributed by atoms with Crippen LogP contribution in [0.4, 0.5) is 0 Å². The lowest BCUT2D eigenvalue weighted by Gasteiger charge is -2.23. The first-order chi connectivity index (χ1) is 7.79. The van der Waals surface area contributed by atoms with E-state index in [0.717, 1.165) is 11.0 Å². The van der Waals surface area contributed by atoms with Gasteiger partial charge in [-0.25, -0.2) is 0 Å². The van der Waals surface area contributed by atoms with Gasteiger partial charge in [0.1, 0.15) is 0 Å². The van der Waals surface area contributed by atoms with E-state index in [2.05, 4.69) is 45.7 Å². The number of aromatic nitrogens is 2. The molecule has 0 amide bonds. The lowest BCUT2D eigenvalue weighted by Crippen LogP contribution is -2.10. The molecule has 2 nitrogen and oxygen atoms in total. The summed E-state index contributed by atoms with van der Waals surface area (Å²) in [6, 6.07) is 6.47. The predicted molar refractivity (Wildman–Crippen MR) is 69.7 cm³/mol. The van der Waals surface area contributed by atoms with E-state index in [1.165, 1.54) is 35.9 Å². The summed E-state index contributed by atoms with van der Waals surface area (Å²) in [6.07, 6.45) is 3.98. The zero-order chi connectivity index (χ0) is 11.1. The van der Waals surface area contributed by atoms with Crippen molar-refractivity contribution in [3.8, 4) is 0 Å². The zero-order valence-electron chi connectivity index (χ0n) is 9.41. The molecular weight excluding hydrogens is 264 g/mol. The van der Waals surface area contributed by atoms with E-state index in [1.807, 2.05) is 0 Å². The molecular formula is C13H15BrN2. The number of nitrogens with zero attached hydrogens (tertiary/aromatic N) is 2. The summed E-state index contributed by atoms with van der Waals surface area (Å²) in [6.45, 7) is 3.10. The van der Waals surface area contributed by atoms with Crippen molar-refractivity contribution in [3.05, 3.63) is 28.4 Å². The summed E-state index contributed by atoms with van der Waals surface area (Å²) in [4.78, 5) is 0. The SMILES string of the molecule is CCn1nc(C2CCC2)c2cc(Br)ccc21. The van der Waals surface area contributed by atoms with Crippen molar-refractivity contribution in [1.82, 2.24) is 9.78 Å². The first-order valence-corrected chi connectivity index (χ1v) is 6.75. The second kappa shape index (κ2) is 3.88. The van der Waals surface area contributed by atoms with Crippen LogP contribution in [0.1, 0.15) is 37.8 Å². The highest BCUT2D eigenvalue weighted by Crippen LogP contribution is 2.39. The highest BCUT2D eigenvalue weighted by atomic mass is 79.9. The van der Waals surface area contributed by atoms with Crippen LogP contribution in [0.3, 0.4) is 0 Å². The fourth-order valence-corrected chi connectivity index (χ4v) is 2.76. The van der Waals surface area contributed by atoms with E-state index in [4.69, 9.17) is 5.10 Å². The highest BCUT2D eigenvalue weighted by Gasteiger charge is 2.25. The number of aryl methyl sites for hydroxylation is 1. The third-order valence-corrected chi connectivity index (χ3v) is 4.03. The average molecular weight is 279 g/mol. The van der Waals surface area contributed by atoms with Gasteiger partial charge in [0, 0.05) is 22.3 Å². The molecule has 1 saturated carbocycles. The van der Waals surface area contributed by atoms with Gasteiger partial charge in [0.2, 0.25) is 0 Å². The summed E-state index contributed by atoms with van der Waals surface area (Å²) in [5.74, 6) is 0.699. The van der Waals surface area contributed by atoms with Gasteiger partial charge < -0.3 is 0 Å². The molecule has 0 atom stereocenters. The molecule has 1 aromatic carbocycles. The van der Waals surface area contributed by atoms with Crippen LogP contribution in [0.25, 0.3) is 10.9 Å². The molecule has 0 saturated heterocycles. The van der Waals surface area contributed by atoms with Gasteiger partial charge in [-0.1, -0.05) is 22.4 Å². The van der Waals surface area contributed by atoms with Crippen molar-refractivity contribution in [1.29, 1.82) is 0 Å². The predicted octanol–water partition coefficient (Wildman–Crippen LogP) is 4.09. The van der Waals surface area contributed by atoms with E-state index in [1.54, 1.807) is 0 Å². The second-order valence-corrected chi connectivity index (χ2v) is 5.41. The Bertz CT molecular complexity index is 526. The third kappa shape index (κ3) is 1.49. The Morgan fingerprint density at radius 2 is 2.25 bits per heavy atom. The standard InChI is InChI=1S/C13H15BrN2/c1-2-16-12-7-6-10(14)8-11(12)13(15-16)9-4-3-5-9/h6-9H,2-5H2,1H3. The van der Waals surface area contributed by atoms with Gasteiger partial charge >= 0.3 is 0 Å². The zero-order valence-corrected chi connectivity index (χ0v) is 11.0. The molecule has 1 aliphatic rings. The Hall–Kier alpha value is -0.830. The van der Waals surface area contributed by atoms with Crippen LogP contribution in [0.15, 0.2) is 22.7 Å². The van der Waals surface area contributed by atoms with E-state index in [9.17, 15) is 0 Å². The lowest BCUT2D eigenvalue weighted by molar-refractivity contribution is 0.408. The van der Waals surface area contributed by atoms with Crippen LogP contribution in [0, 0.1) is 0 Å². The molecule has 0 aliphatic heterocycles. The van der Waals surface area contributed by atoms with Crippen LogP contribution in [0.2, 0.25) is 0 Å². The van der Waals surface area contributed by atoms with Crippen molar-refractivity contribution in [2.45, 2.75) is 38.6 Å². The van der Waals surface area contributed by atoms with Gasteiger partial charge in [0.05, 0.1) is 11.2 Å². The maximum Gasteiger partial charge on any atom is 0.0734 e. The van der Waals surface area contributed by atoms with Crippen molar-refractivity contribution in [3.63, 3.8) is 0 Å². The Kier molecular flexibility index (Phi) is 2.51. The Labute approximate surface area is 104 Å². The quantitative estimate of drug-likeness (QED) is 0.809. The lowest BCUT2D eigenvalue weighted by atomic mass is 9.82. The molecule has 2 aromatic rings. The van der Waals surface area contributed by atoms with Crippen LogP contribution < -0.4 is 0 Å². The highest BCUT2D eigenvalue weighted by molar-refractivity contribution is 9.10. The van der Waals surface area contributed by atoms with Gasteiger partial charge in [-0.2, -0.15) is 5.10 Å². The summed E-state index contributed by atoms with van der Waals surface area (Å²) in [5, 5.41) is 6.10. The first kappa shape index (κ1) is 10.3. The van der Waals surface area contributed by atoms with E-state index >= 15 is 0 Å². The Morgan fingerprint density at radius 1 is 1.44 bits per heavy atom. The number of rotatable bonds is 2. The summed E-state index contributed by atoms with van der Waals surface area (Å²) < 4.78 is 3.27. The molecule has 0 bridgehead atoms. The minimum Gasteiger partial charge on any atom is -0.265 e. The molecule has 1 aromatic heterocycles. The second-order valence-electron chi connectivity index (χ2n) is 4.49. The fourth-order valence-electron chi connectivity index (χ4n) is 2.40. The maximum atomic E-state index is 4.77. The van der Waals surface area contributed by atoms with Crippen molar-refractivity contribution < 1.29 is 0 Å². The summed E-state index contributed by atoms with van der Waals surface area (Å²) in [7, 11) is 0. The number of halogens is 1. The van der Waals surface area contributed by atoms with E-state index in [-0.39, 0.29) is 0 Å². The molecule has 3 rings (SSSR count). The number of hydrogen-bond acceptors (Lipinski definition) is 1. The molecule has 0 unspecified atom stereocenters. The van der Waals surface area contributed by atoms with Crippen molar-refractivity contribution in [2.75, 3.05) is 0 Å². The minimum absolute atomic E-state index is 0.699. The van der Waals surface area contributed by atoms with Gasteiger partial charge in [0.25, 0.3) is 0 Å². The fraction of sp³-hybridized carbons (Fsp3) is 0.462. The molecule has 16 heavy (non-hydrogen) atoms. The topological polar surface area (TPSA) is 17.8 Å². The largest absolute Gasteiger partial charge is 0.265 e. The summed E-state index contributed by atoms with van der Waals surface area (Å²) >= 11 is 3.55. The van der Waals surface area contributed by atoms with Crippen LogP contribution in [0.5, 0.6) is 0 Å².